The maximum absolute atomic E-state index is 12.0. The van der Waals surface area contributed by atoms with E-state index in [1.807, 2.05) is 0 Å². The van der Waals surface area contributed by atoms with Crippen molar-refractivity contribution in [1.29, 1.82) is 0 Å². The van der Waals surface area contributed by atoms with Gasteiger partial charge in [-0.15, -0.1) is 0 Å². The molecule has 2 aromatic rings. The molecule has 2 aromatic heterocycles. The normalized spacial score (nSPS) is 21.4. The van der Waals surface area contributed by atoms with Gasteiger partial charge in [-0.05, 0) is 38.0 Å². The van der Waals surface area contributed by atoms with Gasteiger partial charge in [0.15, 0.2) is 0 Å². The van der Waals surface area contributed by atoms with Gasteiger partial charge in [0, 0.05) is 6.20 Å². The van der Waals surface area contributed by atoms with E-state index in [1.54, 1.807) is 6.20 Å². The Kier molecular flexibility index (Phi) is 5.37. The van der Waals surface area contributed by atoms with E-state index in [0.29, 0.717) is 27.8 Å². The maximum Gasteiger partial charge on any atom is 0.350 e. The molecule has 0 aliphatic heterocycles. The second kappa shape index (κ2) is 7.89. The highest BCUT2D eigenvalue weighted by atomic mass is 32.1. The second-order valence-electron chi connectivity index (χ2n) is 6.49. The first-order valence-electron chi connectivity index (χ1n) is 8.73. The molecule has 7 nitrogen and oxygen atoms in total. The minimum Gasteiger partial charge on any atom is -0.467 e. The van der Waals surface area contributed by atoms with Crippen molar-refractivity contribution in [1.82, 2.24) is 9.97 Å². The summed E-state index contributed by atoms with van der Waals surface area (Å²) in [6, 6.07) is 0. The van der Waals surface area contributed by atoms with Gasteiger partial charge in [0.05, 0.1) is 24.3 Å². The third-order valence-corrected chi connectivity index (χ3v) is 5.97. The smallest absolute Gasteiger partial charge is 0.350 e. The standard InChI is InChI=1S/C17H20N2O5S2/c20-9-12-7-18-17(25-12)24-13-6-10(13)2-1-5-22-15(21)14-8-19-16(26-14)23-11-3-4-11/h7-8,10-11,13,20H,1-6,9H2. The largest absolute Gasteiger partial charge is 0.467 e. The summed E-state index contributed by atoms with van der Waals surface area (Å²) in [5, 5.41) is 10.2. The Morgan fingerprint density at radius 2 is 2.00 bits per heavy atom. The van der Waals surface area contributed by atoms with Crippen LogP contribution in [0.1, 0.15) is 46.7 Å². The van der Waals surface area contributed by atoms with Crippen LogP contribution >= 0.6 is 22.7 Å². The minimum atomic E-state index is -0.337. The van der Waals surface area contributed by atoms with Crippen molar-refractivity contribution >= 4 is 28.6 Å². The van der Waals surface area contributed by atoms with Gasteiger partial charge in [-0.1, -0.05) is 22.7 Å². The molecule has 26 heavy (non-hydrogen) atoms. The lowest BCUT2D eigenvalue weighted by atomic mass is 10.2. The summed E-state index contributed by atoms with van der Waals surface area (Å²) in [4.78, 5) is 21.5. The highest BCUT2D eigenvalue weighted by Crippen LogP contribution is 2.39. The number of esters is 1. The lowest BCUT2D eigenvalue weighted by Gasteiger charge is -2.03. The molecular formula is C17H20N2O5S2. The highest BCUT2D eigenvalue weighted by molar-refractivity contribution is 7.15. The number of hydrogen-bond donors (Lipinski definition) is 1. The van der Waals surface area contributed by atoms with Gasteiger partial charge in [-0.25, -0.2) is 14.8 Å². The van der Waals surface area contributed by atoms with Crippen LogP contribution in [0.5, 0.6) is 10.4 Å². The van der Waals surface area contributed by atoms with E-state index in [-0.39, 0.29) is 24.8 Å². The number of ether oxygens (including phenoxy) is 3. The molecule has 9 heteroatoms. The van der Waals surface area contributed by atoms with Crippen LogP contribution in [0.25, 0.3) is 0 Å². The SMILES string of the molecule is O=C(OCCCC1CC1Oc1ncc(CO)s1)c1cnc(OC2CC2)s1. The monoisotopic (exact) mass is 396 g/mol. The number of rotatable bonds is 10. The third kappa shape index (κ3) is 4.72. The number of aliphatic hydroxyl groups excluding tert-OH is 1. The van der Waals surface area contributed by atoms with E-state index in [4.69, 9.17) is 19.3 Å². The van der Waals surface area contributed by atoms with Crippen molar-refractivity contribution in [2.75, 3.05) is 6.61 Å². The number of carbonyl (C=O) groups is 1. The topological polar surface area (TPSA) is 90.8 Å². The zero-order chi connectivity index (χ0) is 17.9. The molecule has 2 aliphatic carbocycles. The lowest BCUT2D eigenvalue weighted by molar-refractivity contribution is 0.0501. The Morgan fingerprint density at radius 1 is 1.19 bits per heavy atom. The number of nitrogens with zero attached hydrogens (tertiary/aromatic N) is 2. The maximum atomic E-state index is 12.0. The Morgan fingerprint density at radius 3 is 2.77 bits per heavy atom. The molecule has 4 rings (SSSR count). The minimum absolute atomic E-state index is 0.00551. The van der Waals surface area contributed by atoms with Gasteiger partial charge in [0.2, 0.25) is 0 Å². The van der Waals surface area contributed by atoms with Crippen LogP contribution in [0.4, 0.5) is 0 Å². The van der Waals surface area contributed by atoms with Gasteiger partial charge in [-0.2, -0.15) is 0 Å². The first-order valence-corrected chi connectivity index (χ1v) is 10.4. The van der Waals surface area contributed by atoms with Crippen molar-refractivity contribution in [3.63, 3.8) is 0 Å². The number of hydrogen-bond acceptors (Lipinski definition) is 9. The number of thiazole rings is 2. The number of aromatic nitrogens is 2. The molecule has 2 unspecified atom stereocenters. The molecule has 0 bridgehead atoms. The molecule has 2 fully saturated rings. The average molecular weight is 396 g/mol. The Hall–Kier alpha value is -1.71. The first kappa shape index (κ1) is 17.7. The van der Waals surface area contributed by atoms with Crippen LogP contribution in [0, 0.1) is 5.92 Å². The Bertz CT molecular complexity index is 758. The van der Waals surface area contributed by atoms with Gasteiger partial charge in [0.1, 0.15) is 17.1 Å². The lowest BCUT2D eigenvalue weighted by Crippen LogP contribution is -2.06. The van der Waals surface area contributed by atoms with Crippen LogP contribution in [-0.2, 0) is 11.3 Å². The molecule has 2 aliphatic rings. The van der Waals surface area contributed by atoms with Gasteiger partial charge in [0.25, 0.3) is 10.4 Å². The Labute approximate surface area is 159 Å². The molecule has 2 saturated carbocycles. The van der Waals surface area contributed by atoms with E-state index < -0.39 is 0 Å². The average Bonchev–Trinajstić information content (AvgIpc) is 3.48. The van der Waals surface area contributed by atoms with E-state index in [1.165, 1.54) is 28.9 Å². The molecule has 140 valence electrons. The second-order valence-corrected chi connectivity index (χ2v) is 8.56. The quantitative estimate of drug-likeness (QED) is 0.487. The van der Waals surface area contributed by atoms with Gasteiger partial charge >= 0.3 is 5.97 Å². The summed E-state index contributed by atoms with van der Waals surface area (Å²) in [5.74, 6) is 0.146. The van der Waals surface area contributed by atoms with E-state index in [0.717, 1.165) is 37.0 Å². The molecule has 0 radical (unpaired) electrons. The van der Waals surface area contributed by atoms with Crippen molar-refractivity contribution in [2.45, 2.75) is 50.9 Å². The molecule has 2 atom stereocenters. The highest BCUT2D eigenvalue weighted by Gasteiger charge is 2.39. The van der Waals surface area contributed by atoms with Crippen molar-refractivity contribution in [3.8, 4) is 10.4 Å². The fourth-order valence-corrected chi connectivity index (χ4v) is 3.93. The molecule has 0 saturated heterocycles. The van der Waals surface area contributed by atoms with Crippen molar-refractivity contribution < 1.29 is 24.1 Å². The van der Waals surface area contributed by atoms with Crippen LogP contribution < -0.4 is 9.47 Å². The fraction of sp³-hybridized carbons (Fsp3) is 0.588. The first-order chi connectivity index (χ1) is 12.7. The van der Waals surface area contributed by atoms with E-state index in [9.17, 15) is 4.79 Å². The predicted molar refractivity (Wildman–Crippen MR) is 95.8 cm³/mol. The molecule has 0 aromatic carbocycles. The molecule has 0 amide bonds. The summed E-state index contributed by atoms with van der Waals surface area (Å²) in [7, 11) is 0. The van der Waals surface area contributed by atoms with E-state index in [2.05, 4.69) is 9.97 Å². The van der Waals surface area contributed by atoms with Crippen molar-refractivity contribution in [3.05, 3.63) is 22.1 Å². The molecule has 1 N–H and O–H groups in total. The summed E-state index contributed by atoms with van der Waals surface area (Å²) < 4.78 is 16.6. The van der Waals surface area contributed by atoms with Gasteiger partial charge < -0.3 is 19.3 Å². The van der Waals surface area contributed by atoms with Crippen molar-refractivity contribution in [2.24, 2.45) is 5.92 Å². The molecule has 0 spiro atoms. The summed E-state index contributed by atoms with van der Waals surface area (Å²) >= 11 is 2.61. The molecule has 2 heterocycles. The molecular weight excluding hydrogens is 376 g/mol. The Balaban J connectivity index is 1.11. The van der Waals surface area contributed by atoms with E-state index >= 15 is 0 Å². The van der Waals surface area contributed by atoms with Crippen LogP contribution in [-0.4, -0.2) is 39.9 Å². The van der Waals surface area contributed by atoms with Gasteiger partial charge in [-0.3, -0.25) is 0 Å². The zero-order valence-electron chi connectivity index (χ0n) is 14.1. The third-order valence-electron chi connectivity index (χ3n) is 4.23. The number of carbonyl (C=O) groups excluding carboxylic acids is 1. The van der Waals surface area contributed by atoms with Crippen LogP contribution in [0.15, 0.2) is 12.4 Å². The summed E-state index contributed by atoms with van der Waals surface area (Å²) in [5.41, 5.74) is 0. The summed E-state index contributed by atoms with van der Waals surface area (Å²) in [6.07, 6.45) is 8.51. The van der Waals surface area contributed by atoms with Crippen LogP contribution in [0.2, 0.25) is 0 Å². The zero-order valence-corrected chi connectivity index (χ0v) is 15.8. The number of aliphatic hydroxyl groups is 1. The summed E-state index contributed by atoms with van der Waals surface area (Å²) in [6.45, 7) is 0.388. The fourth-order valence-electron chi connectivity index (χ4n) is 2.53. The predicted octanol–water partition coefficient (Wildman–Crippen LogP) is 3.04. The van der Waals surface area contributed by atoms with Crippen LogP contribution in [0.3, 0.4) is 0 Å².